The van der Waals surface area contributed by atoms with E-state index < -0.39 is 0 Å². The maximum absolute atomic E-state index is 11.8. The van der Waals surface area contributed by atoms with Gasteiger partial charge >= 0.3 is 0 Å². The molecule has 2 aliphatic rings. The van der Waals surface area contributed by atoms with Gasteiger partial charge in [-0.1, -0.05) is 6.42 Å². The summed E-state index contributed by atoms with van der Waals surface area (Å²) in [6.45, 7) is 10.9. The van der Waals surface area contributed by atoms with E-state index in [1.165, 1.54) is 32.4 Å². The van der Waals surface area contributed by atoms with Gasteiger partial charge in [0.25, 0.3) is 0 Å². The highest BCUT2D eigenvalue weighted by Crippen LogP contribution is 2.17. The molecule has 110 valence electrons. The van der Waals surface area contributed by atoms with Gasteiger partial charge < -0.3 is 15.1 Å². The minimum Gasteiger partial charge on any atom is -0.356 e. The normalized spacial score (nSPS) is 22.5. The molecule has 2 rings (SSSR count). The van der Waals surface area contributed by atoms with Crippen molar-refractivity contribution in [2.75, 3.05) is 39.3 Å². The average molecular weight is 267 g/mol. The van der Waals surface area contributed by atoms with Gasteiger partial charge in [-0.05, 0) is 39.8 Å². The number of hydrogen-bond donors (Lipinski definition) is 1. The monoisotopic (exact) mass is 267 g/mol. The van der Waals surface area contributed by atoms with Crippen LogP contribution < -0.4 is 5.32 Å². The second kappa shape index (κ2) is 7.25. The quantitative estimate of drug-likeness (QED) is 0.788. The Hall–Kier alpha value is -0.610. The maximum Gasteiger partial charge on any atom is 0.221 e. The minimum atomic E-state index is 0.230. The van der Waals surface area contributed by atoms with Crippen LogP contribution in [-0.2, 0) is 4.79 Å². The minimum absolute atomic E-state index is 0.230. The zero-order valence-electron chi connectivity index (χ0n) is 12.5. The predicted molar refractivity (Wildman–Crippen MR) is 78.1 cm³/mol. The Kier molecular flexibility index (Phi) is 5.64. The SMILES string of the molecule is CC(C)N1CC(CNC(=O)CCN2CCCCC2)C1. The van der Waals surface area contributed by atoms with Crippen molar-refractivity contribution in [1.82, 2.24) is 15.1 Å². The standard InChI is InChI=1S/C15H29N3O/c1-13(2)18-11-14(12-18)10-16-15(19)6-9-17-7-4-3-5-8-17/h13-14H,3-12H2,1-2H3,(H,16,19). The topological polar surface area (TPSA) is 35.6 Å². The van der Waals surface area contributed by atoms with Crippen LogP contribution in [0.3, 0.4) is 0 Å². The third kappa shape index (κ3) is 4.77. The Morgan fingerprint density at radius 3 is 2.53 bits per heavy atom. The molecule has 0 bridgehead atoms. The fraction of sp³-hybridized carbons (Fsp3) is 0.933. The highest BCUT2D eigenvalue weighted by molar-refractivity contribution is 5.76. The predicted octanol–water partition coefficient (Wildman–Crippen LogP) is 1.32. The number of carbonyl (C=O) groups excluding carboxylic acids is 1. The van der Waals surface area contributed by atoms with E-state index in [4.69, 9.17) is 0 Å². The first-order chi connectivity index (χ1) is 9.15. The number of nitrogens with one attached hydrogen (secondary N) is 1. The van der Waals surface area contributed by atoms with E-state index in [2.05, 4.69) is 29.0 Å². The van der Waals surface area contributed by atoms with E-state index in [9.17, 15) is 4.79 Å². The molecule has 4 nitrogen and oxygen atoms in total. The number of rotatable bonds is 6. The zero-order chi connectivity index (χ0) is 13.7. The van der Waals surface area contributed by atoms with Gasteiger partial charge in [0.1, 0.15) is 0 Å². The van der Waals surface area contributed by atoms with Crippen molar-refractivity contribution in [1.29, 1.82) is 0 Å². The molecular weight excluding hydrogens is 238 g/mol. The van der Waals surface area contributed by atoms with Crippen molar-refractivity contribution in [2.45, 2.75) is 45.6 Å². The van der Waals surface area contributed by atoms with Crippen molar-refractivity contribution in [3.05, 3.63) is 0 Å². The van der Waals surface area contributed by atoms with E-state index in [1.54, 1.807) is 0 Å². The molecule has 0 aromatic rings. The van der Waals surface area contributed by atoms with Crippen LogP contribution >= 0.6 is 0 Å². The lowest BCUT2D eigenvalue weighted by molar-refractivity contribution is -0.122. The average Bonchev–Trinajstić information content (AvgIpc) is 2.35. The molecule has 0 aliphatic carbocycles. The van der Waals surface area contributed by atoms with Gasteiger partial charge in [-0.15, -0.1) is 0 Å². The van der Waals surface area contributed by atoms with Crippen LogP contribution in [0.4, 0.5) is 0 Å². The molecule has 0 spiro atoms. The van der Waals surface area contributed by atoms with Gasteiger partial charge in [0, 0.05) is 44.6 Å². The van der Waals surface area contributed by atoms with Gasteiger partial charge in [0.05, 0.1) is 0 Å². The highest BCUT2D eigenvalue weighted by atomic mass is 16.1. The van der Waals surface area contributed by atoms with Crippen LogP contribution in [-0.4, -0.2) is 61.0 Å². The molecule has 2 aliphatic heterocycles. The summed E-state index contributed by atoms with van der Waals surface area (Å²) in [4.78, 5) is 16.7. The van der Waals surface area contributed by atoms with Gasteiger partial charge in [0.15, 0.2) is 0 Å². The Balaban J connectivity index is 1.51. The molecule has 2 saturated heterocycles. The van der Waals surface area contributed by atoms with E-state index in [0.717, 1.165) is 26.2 Å². The lowest BCUT2D eigenvalue weighted by atomic mass is 9.98. The van der Waals surface area contributed by atoms with Crippen molar-refractivity contribution < 1.29 is 4.79 Å². The molecule has 2 fully saturated rings. The van der Waals surface area contributed by atoms with Crippen molar-refractivity contribution >= 4 is 5.91 Å². The molecule has 1 N–H and O–H groups in total. The Morgan fingerprint density at radius 2 is 1.89 bits per heavy atom. The first kappa shape index (κ1) is 14.8. The van der Waals surface area contributed by atoms with Crippen LogP contribution in [0.25, 0.3) is 0 Å². The summed E-state index contributed by atoms with van der Waals surface area (Å²) in [5, 5.41) is 3.09. The number of nitrogens with zero attached hydrogens (tertiary/aromatic N) is 2. The van der Waals surface area contributed by atoms with Crippen molar-refractivity contribution in [3.63, 3.8) is 0 Å². The molecule has 0 radical (unpaired) electrons. The summed E-state index contributed by atoms with van der Waals surface area (Å²) < 4.78 is 0. The zero-order valence-corrected chi connectivity index (χ0v) is 12.5. The van der Waals surface area contributed by atoms with Gasteiger partial charge in [-0.2, -0.15) is 0 Å². The molecule has 0 aromatic heterocycles. The Labute approximate surface area is 117 Å². The molecule has 19 heavy (non-hydrogen) atoms. The fourth-order valence-corrected chi connectivity index (χ4v) is 2.95. The smallest absolute Gasteiger partial charge is 0.221 e. The largest absolute Gasteiger partial charge is 0.356 e. The lowest BCUT2D eigenvalue weighted by Gasteiger charge is -2.42. The molecule has 4 heteroatoms. The third-order valence-corrected chi connectivity index (χ3v) is 4.41. The molecule has 2 heterocycles. The molecule has 0 aromatic carbocycles. The molecule has 1 amide bonds. The first-order valence-electron chi connectivity index (χ1n) is 7.88. The van der Waals surface area contributed by atoms with Crippen LogP contribution in [0, 0.1) is 5.92 Å². The number of piperidine rings is 1. The van der Waals surface area contributed by atoms with Crippen LogP contribution in [0.2, 0.25) is 0 Å². The number of hydrogen-bond acceptors (Lipinski definition) is 3. The summed E-state index contributed by atoms with van der Waals surface area (Å²) in [5.41, 5.74) is 0. The number of carbonyl (C=O) groups is 1. The van der Waals surface area contributed by atoms with Crippen molar-refractivity contribution in [2.24, 2.45) is 5.92 Å². The summed E-state index contributed by atoms with van der Waals surface area (Å²) in [5.74, 6) is 0.898. The van der Waals surface area contributed by atoms with E-state index in [1.807, 2.05) is 0 Å². The van der Waals surface area contributed by atoms with Crippen LogP contribution in [0.15, 0.2) is 0 Å². The van der Waals surface area contributed by atoms with Gasteiger partial charge in [-0.3, -0.25) is 4.79 Å². The molecule has 0 atom stereocenters. The van der Waals surface area contributed by atoms with E-state index >= 15 is 0 Å². The third-order valence-electron chi connectivity index (χ3n) is 4.41. The Morgan fingerprint density at radius 1 is 1.21 bits per heavy atom. The molecular formula is C15H29N3O. The summed E-state index contributed by atoms with van der Waals surface area (Å²) >= 11 is 0. The summed E-state index contributed by atoms with van der Waals surface area (Å²) in [7, 11) is 0. The van der Waals surface area contributed by atoms with Crippen molar-refractivity contribution in [3.8, 4) is 0 Å². The molecule has 0 saturated carbocycles. The summed E-state index contributed by atoms with van der Waals surface area (Å²) in [6, 6.07) is 0.644. The lowest BCUT2D eigenvalue weighted by Crippen LogP contribution is -2.54. The highest BCUT2D eigenvalue weighted by Gasteiger charge is 2.28. The van der Waals surface area contributed by atoms with Crippen LogP contribution in [0.5, 0.6) is 0 Å². The number of amides is 1. The second-order valence-electron chi connectivity index (χ2n) is 6.37. The maximum atomic E-state index is 11.8. The van der Waals surface area contributed by atoms with E-state index in [-0.39, 0.29) is 5.91 Å². The first-order valence-corrected chi connectivity index (χ1v) is 7.88. The van der Waals surface area contributed by atoms with Gasteiger partial charge in [0.2, 0.25) is 5.91 Å². The van der Waals surface area contributed by atoms with Gasteiger partial charge in [-0.25, -0.2) is 0 Å². The Bertz CT molecular complexity index is 281. The van der Waals surface area contributed by atoms with E-state index in [0.29, 0.717) is 18.4 Å². The van der Waals surface area contributed by atoms with Crippen LogP contribution in [0.1, 0.15) is 39.5 Å². The summed E-state index contributed by atoms with van der Waals surface area (Å²) in [6.07, 6.45) is 4.63. The molecule has 0 unspecified atom stereocenters. The second-order valence-corrected chi connectivity index (χ2v) is 6.37. The number of likely N-dealkylation sites (tertiary alicyclic amines) is 2. The fourth-order valence-electron chi connectivity index (χ4n) is 2.95.